The number of benzene rings is 1. The molecule has 1 atom stereocenters. The van der Waals surface area contributed by atoms with Crippen molar-refractivity contribution in [3.8, 4) is 0 Å². The molecule has 1 aliphatic rings. The van der Waals surface area contributed by atoms with Gasteiger partial charge in [0.15, 0.2) is 11.6 Å². The molecule has 0 aliphatic carbocycles. The maximum absolute atomic E-state index is 13.5. The summed E-state index contributed by atoms with van der Waals surface area (Å²) in [6.07, 6.45) is -1.38. The number of aliphatic hydroxyl groups excluding tert-OH is 1. The van der Waals surface area contributed by atoms with Gasteiger partial charge in [-0.05, 0) is 6.07 Å². The van der Waals surface area contributed by atoms with Gasteiger partial charge >= 0.3 is 0 Å². The molecule has 2 rings (SSSR count). The molecule has 1 heterocycles. The molecular weight excluding hydrogens is 270 g/mol. The van der Waals surface area contributed by atoms with Crippen LogP contribution in [-0.2, 0) is 9.59 Å². The molecular formula is C13H14F2N2O3. The first kappa shape index (κ1) is 14.4. The molecule has 0 saturated carbocycles. The Balaban J connectivity index is 2.11. The number of hydrogen-bond donors (Lipinski definition) is 1. The van der Waals surface area contributed by atoms with E-state index in [0.717, 1.165) is 11.0 Å². The maximum Gasteiger partial charge on any atom is 0.242 e. The number of likely N-dealkylation sites (N-methyl/N-ethyl adjacent to an activating group) is 1. The highest BCUT2D eigenvalue weighted by atomic mass is 19.2. The molecule has 0 bridgehead atoms. The Kier molecular flexibility index (Phi) is 3.99. The largest absolute Gasteiger partial charge is 0.386 e. The number of β-amino-alcohol motifs (C(OH)–C–C–N with tert-alkyl or cyclic N) is 1. The van der Waals surface area contributed by atoms with Gasteiger partial charge in [0.05, 0.1) is 25.7 Å². The van der Waals surface area contributed by atoms with Crippen LogP contribution in [-0.4, -0.2) is 53.4 Å². The van der Waals surface area contributed by atoms with E-state index < -0.39 is 17.7 Å². The Labute approximate surface area is 114 Å². The highest BCUT2D eigenvalue weighted by Gasteiger charge is 2.29. The molecule has 1 aliphatic heterocycles. The standard InChI is InChI=1S/C13H14F2N2O3/c1-16-6-12(20)17(7-11(16)19)5-10(18)8-3-2-4-9(14)13(8)15/h2-4,10,18H,5-7H2,1H3. The smallest absolute Gasteiger partial charge is 0.242 e. The molecule has 108 valence electrons. The van der Waals surface area contributed by atoms with Crippen LogP contribution in [0.25, 0.3) is 0 Å². The first-order valence-corrected chi connectivity index (χ1v) is 6.04. The zero-order valence-electron chi connectivity index (χ0n) is 10.8. The lowest BCUT2D eigenvalue weighted by atomic mass is 10.1. The molecule has 1 saturated heterocycles. The van der Waals surface area contributed by atoms with Crippen LogP contribution in [0.2, 0.25) is 0 Å². The van der Waals surface area contributed by atoms with Crippen LogP contribution in [0.5, 0.6) is 0 Å². The summed E-state index contributed by atoms with van der Waals surface area (Å²) in [5.74, 6) is -2.82. The minimum atomic E-state index is -1.38. The number of nitrogens with zero attached hydrogens (tertiary/aromatic N) is 2. The molecule has 1 N–H and O–H groups in total. The van der Waals surface area contributed by atoms with E-state index >= 15 is 0 Å². The summed E-state index contributed by atoms with van der Waals surface area (Å²) in [6, 6.07) is 3.45. The fraction of sp³-hybridized carbons (Fsp3) is 0.385. The number of rotatable bonds is 3. The molecule has 1 aromatic carbocycles. The van der Waals surface area contributed by atoms with E-state index in [9.17, 15) is 23.5 Å². The fourth-order valence-electron chi connectivity index (χ4n) is 2.01. The van der Waals surface area contributed by atoms with Crippen molar-refractivity contribution in [2.75, 3.05) is 26.7 Å². The van der Waals surface area contributed by atoms with Gasteiger partial charge in [0.2, 0.25) is 11.8 Å². The van der Waals surface area contributed by atoms with Gasteiger partial charge in [-0.1, -0.05) is 12.1 Å². The van der Waals surface area contributed by atoms with E-state index in [1.54, 1.807) is 0 Å². The van der Waals surface area contributed by atoms with Gasteiger partial charge in [0.25, 0.3) is 0 Å². The summed E-state index contributed by atoms with van der Waals surface area (Å²) >= 11 is 0. The second-order valence-corrected chi connectivity index (χ2v) is 4.68. The monoisotopic (exact) mass is 284 g/mol. The van der Waals surface area contributed by atoms with E-state index in [1.165, 1.54) is 24.1 Å². The van der Waals surface area contributed by atoms with Crippen molar-refractivity contribution in [3.63, 3.8) is 0 Å². The van der Waals surface area contributed by atoms with Crippen molar-refractivity contribution >= 4 is 11.8 Å². The molecule has 0 radical (unpaired) electrons. The Morgan fingerprint density at radius 1 is 1.25 bits per heavy atom. The zero-order valence-corrected chi connectivity index (χ0v) is 10.8. The van der Waals surface area contributed by atoms with Crippen LogP contribution in [0.1, 0.15) is 11.7 Å². The zero-order chi connectivity index (χ0) is 14.9. The maximum atomic E-state index is 13.5. The van der Waals surface area contributed by atoms with Crippen molar-refractivity contribution < 1.29 is 23.5 Å². The van der Waals surface area contributed by atoms with E-state index in [0.29, 0.717) is 0 Å². The van der Waals surface area contributed by atoms with Gasteiger partial charge < -0.3 is 14.9 Å². The van der Waals surface area contributed by atoms with Crippen molar-refractivity contribution in [2.24, 2.45) is 0 Å². The van der Waals surface area contributed by atoms with Gasteiger partial charge in [0.1, 0.15) is 0 Å². The first-order valence-electron chi connectivity index (χ1n) is 6.04. The normalized spacial score (nSPS) is 17.6. The summed E-state index contributed by atoms with van der Waals surface area (Å²) < 4.78 is 26.6. The minimum Gasteiger partial charge on any atom is -0.386 e. The predicted octanol–water partition coefficient (Wildman–Crippen LogP) is 0.299. The first-order chi connectivity index (χ1) is 9.40. The van der Waals surface area contributed by atoms with Crippen molar-refractivity contribution in [1.82, 2.24) is 9.80 Å². The minimum absolute atomic E-state index is 0.0861. The number of hydrogen-bond acceptors (Lipinski definition) is 3. The van der Waals surface area contributed by atoms with Crippen molar-refractivity contribution in [3.05, 3.63) is 35.4 Å². The Morgan fingerprint density at radius 2 is 1.95 bits per heavy atom. The molecule has 1 fully saturated rings. The SMILES string of the molecule is CN1CC(=O)N(CC(O)c2cccc(F)c2F)CC1=O. The number of amides is 2. The topological polar surface area (TPSA) is 60.9 Å². The summed E-state index contributed by atoms with van der Waals surface area (Å²) in [6.45, 7) is -0.515. The quantitative estimate of drug-likeness (QED) is 0.868. The van der Waals surface area contributed by atoms with Crippen LogP contribution in [0, 0.1) is 11.6 Å². The average molecular weight is 284 g/mol. The number of halogens is 2. The molecule has 1 unspecified atom stereocenters. The van der Waals surface area contributed by atoms with E-state index in [-0.39, 0.29) is 37.0 Å². The molecule has 0 spiro atoms. The molecule has 5 nitrogen and oxygen atoms in total. The van der Waals surface area contributed by atoms with Crippen LogP contribution in [0.3, 0.4) is 0 Å². The number of aliphatic hydroxyl groups is 1. The average Bonchev–Trinajstić information content (AvgIpc) is 2.39. The Bertz CT molecular complexity index is 550. The van der Waals surface area contributed by atoms with Gasteiger partial charge in [-0.2, -0.15) is 0 Å². The van der Waals surface area contributed by atoms with E-state index in [2.05, 4.69) is 0 Å². The fourth-order valence-corrected chi connectivity index (χ4v) is 2.01. The summed E-state index contributed by atoms with van der Waals surface area (Å²) in [5.41, 5.74) is -0.232. The third kappa shape index (κ3) is 2.77. The summed E-state index contributed by atoms with van der Waals surface area (Å²) in [4.78, 5) is 25.6. The molecule has 0 aromatic heterocycles. The van der Waals surface area contributed by atoms with Gasteiger partial charge in [-0.25, -0.2) is 8.78 Å². The number of piperazine rings is 1. The van der Waals surface area contributed by atoms with Crippen LogP contribution in [0.4, 0.5) is 8.78 Å². The highest BCUT2D eigenvalue weighted by molar-refractivity contribution is 5.92. The lowest BCUT2D eigenvalue weighted by molar-refractivity contribution is -0.150. The predicted molar refractivity (Wildman–Crippen MR) is 65.5 cm³/mol. The number of carbonyl (C=O) groups excluding carboxylic acids is 2. The lowest BCUT2D eigenvalue weighted by Gasteiger charge is -2.32. The van der Waals surface area contributed by atoms with Crippen LogP contribution < -0.4 is 0 Å². The lowest BCUT2D eigenvalue weighted by Crippen LogP contribution is -2.53. The molecule has 7 heteroatoms. The van der Waals surface area contributed by atoms with Gasteiger partial charge in [-0.15, -0.1) is 0 Å². The van der Waals surface area contributed by atoms with Crippen molar-refractivity contribution in [2.45, 2.75) is 6.10 Å². The molecule has 1 aromatic rings. The Morgan fingerprint density at radius 3 is 2.65 bits per heavy atom. The molecule has 20 heavy (non-hydrogen) atoms. The highest BCUT2D eigenvalue weighted by Crippen LogP contribution is 2.21. The number of carbonyl (C=O) groups is 2. The van der Waals surface area contributed by atoms with E-state index in [1.807, 2.05) is 0 Å². The van der Waals surface area contributed by atoms with Gasteiger partial charge in [-0.3, -0.25) is 9.59 Å². The third-order valence-electron chi connectivity index (χ3n) is 3.21. The van der Waals surface area contributed by atoms with Gasteiger partial charge in [0, 0.05) is 12.6 Å². The Hall–Kier alpha value is -2.02. The van der Waals surface area contributed by atoms with Crippen LogP contribution >= 0.6 is 0 Å². The molecule has 2 amide bonds. The third-order valence-corrected chi connectivity index (χ3v) is 3.21. The second-order valence-electron chi connectivity index (χ2n) is 4.68. The summed E-state index contributed by atoms with van der Waals surface area (Å²) in [5, 5.41) is 9.92. The van der Waals surface area contributed by atoms with E-state index in [4.69, 9.17) is 0 Å². The summed E-state index contributed by atoms with van der Waals surface area (Å²) in [7, 11) is 1.50. The van der Waals surface area contributed by atoms with Crippen molar-refractivity contribution in [1.29, 1.82) is 0 Å². The van der Waals surface area contributed by atoms with Crippen LogP contribution in [0.15, 0.2) is 18.2 Å². The second kappa shape index (κ2) is 5.54.